The van der Waals surface area contributed by atoms with Gasteiger partial charge in [-0.2, -0.15) is 0 Å². The molecule has 0 heterocycles. The molecular formula is C18H29NO3. The Morgan fingerprint density at radius 2 is 1.95 bits per heavy atom. The van der Waals surface area contributed by atoms with Gasteiger partial charge < -0.3 is 14.9 Å². The highest BCUT2D eigenvalue weighted by Gasteiger charge is 2.26. The number of fused-ring (bicyclic) bond motifs is 1. The molecule has 1 aliphatic rings. The smallest absolute Gasteiger partial charge is 0.160 e. The fraction of sp³-hybridized carbons (Fsp3) is 0.667. The summed E-state index contributed by atoms with van der Waals surface area (Å²) < 4.78 is 5.64. The lowest BCUT2D eigenvalue weighted by atomic mass is 9.86. The Morgan fingerprint density at radius 1 is 1.14 bits per heavy atom. The molecule has 2 rings (SSSR count). The number of phenols is 2. The molecule has 4 nitrogen and oxygen atoms in total. The maximum Gasteiger partial charge on any atom is 0.160 e. The third-order valence-electron chi connectivity index (χ3n) is 4.44. The second-order valence-electron chi connectivity index (χ2n) is 6.12. The van der Waals surface area contributed by atoms with Gasteiger partial charge in [-0.1, -0.05) is 19.9 Å². The summed E-state index contributed by atoms with van der Waals surface area (Å²) in [6.07, 6.45) is 5.00. The van der Waals surface area contributed by atoms with E-state index in [-0.39, 0.29) is 11.5 Å². The zero-order valence-corrected chi connectivity index (χ0v) is 13.8. The van der Waals surface area contributed by atoms with Gasteiger partial charge in [0.2, 0.25) is 0 Å². The Balaban J connectivity index is 1.99. The van der Waals surface area contributed by atoms with Crippen molar-refractivity contribution < 1.29 is 14.9 Å². The highest BCUT2D eigenvalue weighted by molar-refractivity contribution is 5.50. The van der Waals surface area contributed by atoms with Crippen molar-refractivity contribution in [2.24, 2.45) is 0 Å². The highest BCUT2D eigenvalue weighted by Crippen LogP contribution is 2.36. The normalized spacial score (nSPS) is 17.7. The van der Waals surface area contributed by atoms with Gasteiger partial charge in [0.15, 0.2) is 11.5 Å². The van der Waals surface area contributed by atoms with Crippen LogP contribution < -0.4 is 0 Å². The number of hydrogen-bond acceptors (Lipinski definition) is 4. The molecule has 0 aromatic heterocycles. The summed E-state index contributed by atoms with van der Waals surface area (Å²) in [5.74, 6) is 0.0693. The van der Waals surface area contributed by atoms with Crippen molar-refractivity contribution in [2.75, 3.05) is 26.3 Å². The first-order valence-corrected chi connectivity index (χ1v) is 8.51. The average molecular weight is 307 g/mol. The molecule has 0 radical (unpaired) electrons. The first kappa shape index (κ1) is 17.1. The molecule has 4 heteroatoms. The van der Waals surface area contributed by atoms with E-state index < -0.39 is 0 Å². The number of benzene rings is 1. The van der Waals surface area contributed by atoms with Crippen LogP contribution in [0.15, 0.2) is 12.1 Å². The summed E-state index contributed by atoms with van der Waals surface area (Å²) >= 11 is 0. The third kappa shape index (κ3) is 4.14. The predicted octanol–water partition coefficient (Wildman–Crippen LogP) is 3.09. The van der Waals surface area contributed by atoms with Crippen LogP contribution in [0.3, 0.4) is 0 Å². The van der Waals surface area contributed by atoms with Gasteiger partial charge in [-0.05, 0) is 50.3 Å². The minimum Gasteiger partial charge on any atom is -0.504 e. The molecule has 124 valence electrons. The van der Waals surface area contributed by atoms with Crippen LogP contribution in [-0.2, 0) is 17.6 Å². The highest BCUT2D eigenvalue weighted by atomic mass is 16.5. The number of rotatable bonds is 8. The first-order valence-electron chi connectivity index (χ1n) is 8.51. The summed E-state index contributed by atoms with van der Waals surface area (Å²) in [4.78, 5) is 2.52. The standard InChI is InChI=1S/C18H29NO3/c1-3-9-19(10-12-22-11-4-2)15-6-7-16-14(13-15)5-8-17(20)18(16)21/h5,8,15,20-21H,3-4,6-7,9-13H2,1-2H3/t15-/m0/s1. The molecule has 2 N–H and O–H groups in total. The Bertz CT molecular complexity index is 476. The van der Waals surface area contributed by atoms with Gasteiger partial charge in [-0.25, -0.2) is 0 Å². The van der Waals surface area contributed by atoms with Crippen molar-refractivity contribution >= 4 is 0 Å². The Hall–Kier alpha value is -1.26. The van der Waals surface area contributed by atoms with E-state index in [0.717, 1.165) is 64.0 Å². The fourth-order valence-electron chi connectivity index (χ4n) is 3.31. The van der Waals surface area contributed by atoms with Gasteiger partial charge in [0, 0.05) is 24.8 Å². The number of aromatic hydroxyl groups is 2. The van der Waals surface area contributed by atoms with Crippen LogP contribution in [0.5, 0.6) is 11.5 Å². The lowest BCUT2D eigenvalue weighted by molar-refractivity contribution is 0.0827. The van der Waals surface area contributed by atoms with E-state index in [1.807, 2.05) is 6.07 Å². The first-order chi connectivity index (χ1) is 10.7. The second kappa shape index (κ2) is 8.39. The molecule has 0 spiro atoms. The maximum atomic E-state index is 9.99. The van der Waals surface area contributed by atoms with Crippen molar-refractivity contribution in [3.8, 4) is 11.5 Å². The lowest BCUT2D eigenvalue weighted by Crippen LogP contribution is -2.41. The van der Waals surface area contributed by atoms with Gasteiger partial charge in [0.25, 0.3) is 0 Å². The van der Waals surface area contributed by atoms with Crippen molar-refractivity contribution in [2.45, 2.75) is 52.0 Å². The van der Waals surface area contributed by atoms with Crippen molar-refractivity contribution in [3.63, 3.8) is 0 Å². The van der Waals surface area contributed by atoms with Gasteiger partial charge in [-0.3, -0.25) is 4.90 Å². The van der Waals surface area contributed by atoms with E-state index >= 15 is 0 Å². The van der Waals surface area contributed by atoms with E-state index in [4.69, 9.17) is 4.74 Å². The number of ether oxygens (including phenoxy) is 1. The van der Waals surface area contributed by atoms with E-state index in [2.05, 4.69) is 18.7 Å². The number of hydrogen-bond donors (Lipinski definition) is 2. The molecule has 22 heavy (non-hydrogen) atoms. The molecule has 0 fully saturated rings. The molecule has 1 atom stereocenters. The quantitative estimate of drug-likeness (QED) is 0.572. The molecule has 0 unspecified atom stereocenters. The molecular weight excluding hydrogens is 278 g/mol. The van der Waals surface area contributed by atoms with Gasteiger partial charge in [-0.15, -0.1) is 0 Å². The average Bonchev–Trinajstić information content (AvgIpc) is 2.54. The SMILES string of the molecule is CCCOCCN(CCC)[C@H]1CCc2c(ccc(O)c2O)C1. The van der Waals surface area contributed by atoms with E-state index in [9.17, 15) is 10.2 Å². The minimum atomic E-state index is -0.00409. The Morgan fingerprint density at radius 3 is 2.68 bits per heavy atom. The Labute approximate surface area is 133 Å². The van der Waals surface area contributed by atoms with Gasteiger partial charge in [0.05, 0.1) is 6.61 Å². The van der Waals surface area contributed by atoms with Crippen LogP contribution >= 0.6 is 0 Å². The monoisotopic (exact) mass is 307 g/mol. The fourth-order valence-corrected chi connectivity index (χ4v) is 3.31. The van der Waals surface area contributed by atoms with Crippen LogP contribution in [-0.4, -0.2) is 47.5 Å². The Kier molecular flexibility index (Phi) is 6.52. The summed E-state index contributed by atoms with van der Waals surface area (Å²) in [6, 6.07) is 4.06. The van der Waals surface area contributed by atoms with Crippen molar-refractivity contribution in [3.05, 3.63) is 23.3 Å². The zero-order valence-electron chi connectivity index (χ0n) is 13.8. The topological polar surface area (TPSA) is 52.9 Å². The third-order valence-corrected chi connectivity index (χ3v) is 4.44. The number of phenolic OH excluding ortho intramolecular Hbond substituents is 2. The second-order valence-corrected chi connectivity index (χ2v) is 6.12. The summed E-state index contributed by atoms with van der Waals surface area (Å²) in [7, 11) is 0. The molecule has 0 bridgehead atoms. The number of nitrogens with zero attached hydrogens (tertiary/aromatic N) is 1. The molecule has 1 aromatic carbocycles. The van der Waals surface area contributed by atoms with Crippen LogP contribution in [0.2, 0.25) is 0 Å². The molecule has 0 saturated heterocycles. The van der Waals surface area contributed by atoms with Crippen LogP contribution in [0.25, 0.3) is 0 Å². The van der Waals surface area contributed by atoms with E-state index in [1.54, 1.807) is 6.07 Å². The predicted molar refractivity (Wildman–Crippen MR) is 88.6 cm³/mol. The maximum absolute atomic E-state index is 9.99. The van der Waals surface area contributed by atoms with E-state index in [0.29, 0.717) is 6.04 Å². The molecule has 1 aromatic rings. The molecule has 0 amide bonds. The summed E-state index contributed by atoms with van der Waals surface area (Å²) in [6.45, 7) is 8.01. The summed E-state index contributed by atoms with van der Waals surface area (Å²) in [5.41, 5.74) is 2.09. The largest absolute Gasteiger partial charge is 0.504 e. The lowest BCUT2D eigenvalue weighted by Gasteiger charge is -2.35. The van der Waals surface area contributed by atoms with E-state index in [1.165, 1.54) is 5.56 Å². The van der Waals surface area contributed by atoms with Crippen LogP contribution in [0.4, 0.5) is 0 Å². The van der Waals surface area contributed by atoms with Crippen molar-refractivity contribution in [1.82, 2.24) is 4.90 Å². The van der Waals surface area contributed by atoms with Gasteiger partial charge in [0.1, 0.15) is 0 Å². The zero-order chi connectivity index (χ0) is 15.9. The van der Waals surface area contributed by atoms with Gasteiger partial charge >= 0.3 is 0 Å². The summed E-state index contributed by atoms with van der Waals surface area (Å²) in [5, 5.41) is 19.6. The molecule has 0 saturated carbocycles. The van der Waals surface area contributed by atoms with Crippen LogP contribution in [0, 0.1) is 0 Å². The molecule has 1 aliphatic carbocycles. The minimum absolute atomic E-state index is 0.00409. The van der Waals surface area contributed by atoms with Crippen LogP contribution in [0.1, 0.15) is 44.2 Å². The van der Waals surface area contributed by atoms with Crippen molar-refractivity contribution in [1.29, 1.82) is 0 Å². The molecule has 0 aliphatic heterocycles.